The first-order valence-corrected chi connectivity index (χ1v) is 9.43. The number of nitrogens with zero attached hydrogens (tertiary/aromatic N) is 2. The summed E-state index contributed by atoms with van der Waals surface area (Å²) in [6.45, 7) is 8.45. The van der Waals surface area contributed by atoms with Crippen LogP contribution < -0.4 is 4.74 Å². The van der Waals surface area contributed by atoms with Crippen LogP contribution in [0.2, 0.25) is 0 Å². The summed E-state index contributed by atoms with van der Waals surface area (Å²) >= 11 is 0. The molecule has 2 saturated heterocycles. The van der Waals surface area contributed by atoms with E-state index in [9.17, 15) is 4.79 Å². The lowest BCUT2D eigenvalue weighted by atomic mass is 10.1. The first kappa shape index (κ1) is 16.5. The number of fused-ring (bicyclic) bond motifs is 1. The predicted molar refractivity (Wildman–Crippen MR) is 99.2 cm³/mol. The lowest BCUT2D eigenvalue weighted by Gasteiger charge is -2.34. The highest BCUT2D eigenvalue weighted by molar-refractivity contribution is 5.98. The molecule has 1 aromatic heterocycles. The van der Waals surface area contributed by atoms with Crippen molar-refractivity contribution in [3.63, 3.8) is 0 Å². The fraction of sp³-hybridized carbons (Fsp3) is 0.550. The highest BCUT2D eigenvalue weighted by Crippen LogP contribution is 2.26. The third-order valence-electron chi connectivity index (χ3n) is 5.48. The normalized spacial score (nSPS) is 19.4. The molecule has 5 nitrogen and oxygen atoms in total. The Kier molecular flexibility index (Phi) is 4.42. The second-order valence-electron chi connectivity index (χ2n) is 7.52. The maximum absolute atomic E-state index is 12.3. The molecule has 3 heterocycles. The standard InChI is InChI=1S/C20H27N3O2/c1-14(2)22-10-6-16(7-11-22)25-17-4-5-18-15(12-17)13-19(21-18)20(24)23-8-3-9-23/h4-5,12-14,16,21H,3,6-11H2,1-2H3. The second kappa shape index (κ2) is 6.71. The van der Waals surface area contributed by atoms with Gasteiger partial charge in [0.05, 0.1) is 0 Å². The van der Waals surface area contributed by atoms with Gasteiger partial charge in [-0.1, -0.05) is 0 Å². The minimum atomic E-state index is 0.103. The van der Waals surface area contributed by atoms with Gasteiger partial charge < -0.3 is 19.5 Å². The van der Waals surface area contributed by atoms with Gasteiger partial charge in [-0.2, -0.15) is 0 Å². The van der Waals surface area contributed by atoms with Crippen LogP contribution in [-0.2, 0) is 0 Å². The molecule has 1 N–H and O–H groups in total. The molecule has 2 aliphatic heterocycles. The van der Waals surface area contributed by atoms with E-state index in [1.807, 2.05) is 29.2 Å². The Balaban J connectivity index is 1.43. The van der Waals surface area contributed by atoms with Gasteiger partial charge in [-0.05, 0) is 57.4 Å². The molecule has 0 aliphatic carbocycles. The van der Waals surface area contributed by atoms with Gasteiger partial charge in [0.1, 0.15) is 17.5 Å². The number of ether oxygens (including phenoxy) is 1. The zero-order valence-corrected chi connectivity index (χ0v) is 15.1. The molecule has 2 fully saturated rings. The Hall–Kier alpha value is -2.01. The van der Waals surface area contributed by atoms with Crippen LogP contribution in [-0.4, -0.2) is 59.0 Å². The molecule has 0 unspecified atom stereocenters. The summed E-state index contributed by atoms with van der Waals surface area (Å²) in [6, 6.07) is 8.63. The monoisotopic (exact) mass is 341 g/mol. The zero-order chi connectivity index (χ0) is 17.4. The van der Waals surface area contributed by atoms with Gasteiger partial charge >= 0.3 is 0 Å². The summed E-state index contributed by atoms with van der Waals surface area (Å²) in [5.41, 5.74) is 1.67. The molecule has 0 saturated carbocycles. The van der Waals surface area contributed by atoms with Gasteiger partial charge in [-0.15, -0.1) is 0 Å². The smallest absolute Gasteiger partial charge is 0.270 e. The van der Waals surface area contributed by atoms with E-state index in [1.165, 1.54) is 0 Å². The molecule has 25 heavy (non-hydrogen) atoms. The maximum Gasteiger partial charge on any atom is 0.270 e. The number of hydrogen-bond acceptors (Lipinski definition) is 3. The Labute approximate surface area is 148 Å². The highest BCUT2D eigenvalue weighted by atomic mass is 16.5. The lowest BCUT2D eigenvalue weighted by Crippen LogP contribution is -2.42. The quantitative estimate of drug-likeness (QED) is 0.928. The Morgan fingerprint density at radius 3 is 2.56 bits per heavy atom. The van der Waals surface area contributed by atoms with Crippen molar-refractivity contribution in [2.24, 2.45) is 0 Å². The Morgan fingerprint density at radius 1 is 1.16 bits per heavy atom. The van der Waals surface area contributed by atoms with Gasteiger partial charge in [0.2, 0.25) is 0 Å². The molecule has 0 radical (unpaired) electrons. The number of aromatic nitrogens is 1. The van der Waals surface area contributed by atoms with Crippen molar-refractivity contribution in [1.29, 1.82) is 0 Å². The highest BCUT2D eigenvalue weighted by Gasteiger charge is 2.24. The van der Waals surface area contributed by atoms with Crippen molar-refractivity contribution in [1.82, 2.24) is 14.8 Å². The number of carbonyl (C=O) groups is 1. The van der Waals surface area contributed by atoms with Gasteiger partial charge in [0, 0.05) is 43.1 Å². The lowest BCUT2D eigenvalue weighted by molar-refractivity contribution is 0.0646. The van der Waals surface area contributed by atoms with Crippen molar-refractivity contribution in [3.05, 3.63) is 30.0 Å². The number of likely N-dealkylation sites (tertiary alicyclic amines) is 2. The molecular weight excluding hydrogens is 314 g/mol. The van der Waals surface area contributed by atoms with Crippen molar-refractivity contribution in [2.45, 2.75) is 45.3 Å². The minimum Gasteiger partial charge on any atom is -0.490 e. The number of benzene rings is 1. The fourth-order valence-electron chi connectivity index (χ4n) is 3.69. The molecule has 1 amide bonds. The second-order valence-corrected chi connectivity index (χ2v) is 7.52. The van der Waals surface area contributed by atoms with E-state index < -0.39 is 0 Å². The molecule has 4 rings (SSSR count). The van der Waals surface area contributed by atoms with E-state index >= 15 is 0 Å². The van der Waals surface area contributed by atoms with Crippen LogP contribution in [0, 0.1) is 0 Å². The van der Waals surface area contributed by atoms with Crippen LogP contribution in [0.3, 0.4) is 0 Å². The maximum atomic E-state index is 12.3. The SMILES string of the molecule is CC(C)N1CCC(Oc2ccc3[nH]c(C(=O)N4CCC4)cc3c2)CC1. The number of hydrogen-bond donors (Lipinski definition) is 1. The Bertz CT molecular complexity index is 755. The van der Waals surface area contributed by atoms with E-state index in [-0.39, 0.29) is 12.0 Å². The summed E-state index contributed by atoms with van der Waals surface area (Å²) < 4.78 is 6.21. The molecule has 0 atom stereocenters. The van der Waals surface area contributed by atoms with Crippen LogP contribution in [0.4, 0.5) is 0 Å². The average molecular weight is 341 g/mol. The summed E-state index contributed by atoms with van der Waals surface area (Å²) in [6.07, 6.45) is 3.54. The predicted octanol–water partition coefficient (Wildman–Crippen LogP) is 3.27. The van der Waals surface area contributed by atoms with Gasteiger partial charge in [0.25, 0.3) is 5.91 Å². The average Bonchev–Trinajstić information content (AvgIpc) is 2.97. The van der Waals surface area contributed by atoms with Crippen molar-refractivity contribution < 1.29 is 9.53 Å². The van der Waals surface area contributed by atoms with E-state index in [0.29, 0.717) is 11.7 Å². The van der Waals surface area contributed by atoms with Crippen LogP contribution in [0.15, 0.2) is 24.3 Å². The number of nitrogens with one attached hydrogen (secondary N) is 1. The van der Waals surface area contributed by atoms with Crippen molar-refractivity contribution >= 4 is 16.8 Å². The number of piperidine rings is 1. The van der Waals surface area contributed by atoms with Crippen LogP contribution in [0.1, 0.15) is 43.6 Å². The van der Waals surface area contributed by atoms with Gasteiger partial charge in [0.15, 0.2) is 0 Å². The summed E-state index contributed by atoms with van der Waals surface area (Å²) in [5, 5.41) is 1.04. The zero-order valence-electron chi connectivity index (χ0n) is 15.1. The van der Waals surface area contributed by atoms with Crippen LogP contribution in [0.25, 0.3) is 10.9 Å². The molecule has 2 aromatic rings. The van der Waals surface area contributed by atoms with Gasteiger partial charge in [-0.25, -0.2) is 0 Å². The van der Waals surface area contributed by atoms with Crippen molar-refractivity contribution in [2.75, 3.05) is 26.2 Å². The molecule has 0 spiro atoms. The third-order valence-corrected chi connectivity index (χ3v) is 5.48. The summed E-state index contributed by atoms with van der Waals surface area (Å²) in [5.74, 6) is 1.00. The van der Waals surface area contributed by atoms with E-state index in [0.717, 1.165) is 62.1 Å². The first-order chi connectivity index (χ1) is 12.1. The fourth-order valence-corrected chi connectivity index (χ4v) is 3.69. The number of H-pyrrole nitrogens is 1. The third kappa shape index (κ3) is 3.38. The molecule has 0 bridgehead atoms. The molecule has 134 valence electrons. The number of amides is 1. The molecule has 5 heteroatoms. The van der Waals surface area contributed by atoms with E-state index in [2.05, 4.69) is 23.7 Å². The number of rotatable bonds is 4. The first-order valence-electron chi connectivity index (χ1n) is 9.43. The van der Waals surface area contributed by atoms with E-state index in [4.69, 9.17) is 4.74 Å². The number of carbonyl (C=O) groups excluding carboxylic acids is 1. The van der Waals surface area contributed by atoms with Crippen LogP contribution >= 0.6 is 0 Å². The van der Waals surface area contributed by atoms with Crippen molar-refractivity contribution in [3.8, 4) is 5.75 Å². The number of aromatic amines is 1. The largest absolute Gasteiger partial charge is 0.490 e. The van der Waals surface area contributed by atoms with Crippen LogP contribution in [0.5, 0.6) is 5.75 Å². The van der Waals surface area contributed by atoms with Gasteiger partial charge in [-0.3, -0.25) is 4.79 Å². The molecular formula is C20H27N3O2. The summed E-state index contributed by atoms with van der Waals surface area (Å²) in [7, 11) is 0. The Morgan fingerprint density at radius 2 is 1.92 bits per heavy atom. The minimum absolute atomic E-state index is 0.103. The molecule has 2 aliphatic rings. The van der Waals surface area contributed by atoms with E-state index in [1.54, 1.807) is 0 Å². The summed E-state index contributed by atoms with van der Waals surface area (Å²) in [4.78, 5) is 20.0. The topological polar surface area (TPSA) is 48.6 Å². The molecule has 1 aromatic carbocycles.